The predicted octanol–water partition coefficient (Wildman–Crippen LogP) is 3.62. The predicted molar refractivity (Wildman–Crippen MR) is 72.6 cm³/mol. The quantitative estimate of drug-likeness (QED) is 0.909. The van der Waals surface area contributed by atoms with Crippen molar-refractivity contribution in [3.05, 3.63) is 27.8 Å². The Hall–Kier alpha value is -1.22. The molecule has 0 unspecified atom stereocenters. The van der Waals surface area contributed by atoms with E-state index in [9.17, 15) is 9.90 Å². The average molecular weight is 271 g/mol. The fourth-order valence-electron chi connectivity index (χ4n) is 1.92. The molecular formula is C14H19ClO3. The Morgan fingerprint density at radius 3 is 2.39 bits per heavy atom. The molecule has 0 heterocycles. The number of benzene rings is 1. The molecule has 100 valence electrons. The van der Waals surface area contributed by atoms with Gasteiger partial charge in [0.1, 0.15) is 5.75 Å². The number of halogens is 1. The van der Waals surface area contributed by atoms with Gasteiger partial charge >= 0.3 is 5.97 Å². The summed E-state index contributed by atoms with van der Waals surface area (Å²) in [5, 5.41) is 9.76. The Labute approximate surface area is 113 Å². The summed E-state index contributed by atoms with van der Waals surface area (Å²) < 4.78 is 5.34. The van der Waals surface area contributed by atoms with Crippen LogP contribution < -0.4 is 4.74 Å². The standard InChI is InChI=1S/C14H19ClO3/c1-8-6-9(2)11(15)12(18-5)10(8)7-14(3,4)13(16)17/h6H,7H2,1-5H3,(H,16,17). The first kappa shape index (κ1) is 14.8. The Morgan fingerprint density at radius 1 is 1.39 bits per heavy atom. The van der Waals surface area contributed by atoms with Crippen LogP contribution in [0.15, 0.2) is 6.07 Å². The third kappa shape index (κ3) is 2.78. The molecule has 0 aliphatic rings. The Kier molecular flexibility index (Phi) is 4.28. The van der Waals surface area contributed by atoms with Crippen LogP contribution in [-0.2, 0) is 11.2 Å². The van der Waals surface area contributed by atoms with Gasteiger partial charge in [0.05, 0.1) is 17.5 Å². The van der Waals surface area contributed by atoms with Gasteiger partial charge in [-0.25, -0.2) is 0 Å². The van der Waals surface area contributed by atoms with Crippen LogP contribution in [0.3, 0.4) is 0 Å². The number of methoxy groups -OCH3 is 1. The van der Waals surface area contributed by atoms with Gasteiger partial charge in [0.15, 0.2) is 0 Å². The average Bonchev–Trinajstić information content (AvgIpc) is 2.26. The molecular weight excluding hydrogens is 252 g/mol. The van der Waals surface area contributed by atoms with E-state index >= 15 is 0 Å². The van der Waals surface area contributed by atoms with Crippen molar-refractivity contribution in [1.82, 2.24) is 0 Å². The normalized spacial score (nSPS) is 11.4. The number of carboxylic acid groups (broad SMARTS) is 1. The van der Waals surface area contributed by atoms with Crippen molar-refractivity contribution in [2.45, 2.75) is 34.1 Å². The van der Waals surface area contributed by atoms with Gasteiger partial charge in [0.2, 0.25) is 0 Å². The van der Waals surface area contributed by atoms with Gasteiger partial charge in [-0.1, -0.05) is 17.7 Å². The van der Waals surface area contributed by atoms with Crippen molar-refractivity contribution in [2.24, 2.45) is 5.41 Å². The maximum Gasteiger partial charge on any atom is 0.309 e. The summed E-state index contributed by atoms with van der Waals surface area (Å²) >= 11 is 6.21. The van der Waals surface area contributed by atoms with Crippen LogP contribution in [0.2, 0.25) is 5.02 Å². The maximum atomic E-state index is 11.2. The highest BCUT2D eigenvalue weighted by Crippen LogP contribution is 2.37. The summed E-state index contributed by atoms with van der Waals surface area (Å²) in [6.45, 7) is 7.24. The van der Waals surface area contributed by atoms with Gasteiger partial charge in [-0.3, -0.25) is 4.79 Å². The third-order valence-corrected chi connectivity index (χ3v) is 3.60. The zero-order valence-electron chi connectivity index (χ0n) is 11.4. The van der Waals surface area contributed by atoms with Gasteiger partial charge < -0.3 is 9.84 Å². The fourth-order valence-corrected chi connectivity index (χ4v) is 2.16. The lowest BCUT2D eigenvalue weighted by Crippen LogP contribution is -2.26. The second-order valence-corrected chi connectivity index (χ2v) is 5.58. The van der Waals surface area contributed by atoms with E-state index < -0.39 is 11.4 Å². The molecule has 0 amide bonds. The summed E-state index contributed by atoms with van der Waals surface area (Å²) in [5.41, 5.74) is 1.95. The first-order valence-corrected chi connectivity index (χ1v) is 6.14. The van der Waals surface area contributed by atoms with Crippen molar-refractivity contribution in [2.75, 3.05) is 7.11 Å². The molecule has 0 bridgehead atoms. The Balaban J connectivity index is 3.33. The molecule has 0 aliphatic carbocycles. The summed E-state index contributed by atoms with van der Waals surface area (Å²) in [6.07, 6.45) is 0.386. The van der Waals surface area contributed by atoms with Gasteiger partial charge in [-0.2, -0.15) is 0 Å². The number of carboxylic acids is 1. The zero-order chi connectivity index (χ0) is 14.1. The van der Waals surface area contributed by atoms with Gasteiger partial charge in [0, 0.05) is 0 Å². The molecule has 0 fully saturated rings. The van der Waals surface area contributed by atoms with Crippen LogP contribution in [0.4, 0.5) is 0 Å². The molecule has 1 N–H and O–H groups in total. The topological polar surface area (TPSA) is 46.5 Å². The SMILES string of the molecule is COc1c(Cl)c(C)cc(C)c1CC(C)(C)C(=O)O. The minimum Gasteiger partial charge on any atom is -0.495 e. The number of hydrogen-bond donors (Lipinski definition) is 1. The lowest BCUT2D eigenvalue weighted by atomic mass is 9.83. The zero-order valence-corrected chi connectivity index (χ0v) is 12.2. The van der Waals surface area contributed by atoms with Crippen molar-refractivity contribution >= 4 is 17.6 Å². The van der Waals surface area contributed by atoms with Gasteiger partial charge in [-0.05, 0) is 50.8 Å². The fraction of sp³-hybridized carbons (Fsp3) is 0.500. The lowest BCUT2D eigenvalue weighted by Gasteiger charge is -2.23. The molecule has 1 aromatic rings. The molecule has 0 aliphatic heterocycles. The molecule has 0 aromatic heterocycles. The van der Waals surface area contributed by atoms with Crippen molar-refractivity contribution in [1.29, 1.82) is 0 Å². The number of aliphatic carboxylic acids is 1. The molecule has 0 saturated heterocycles. The monoisotopic (exact) mass is 270 g/mol. The summed E-state index contributed by atoms with van der Waals surface area (Å²) in [5.74, 6) is -0.246. The van der Waals surface area contributed by atoms with Gasteiger partial charge in [0.25, 0.3) is 0 Å². The largest absolute Gasteiger partial charge is 0.495 e. The number of rotatable bonds is 4. The summed E-state index contributed by atoms with van der Waals surface area (Å²) in [4.78, 5) is 11.2. The smallest absolute Gasteiger partial charge is 0.309 e. The molecule has 0 radical (unpaired) electrons. The molecule has 4 heteroatoms. The van der Waals surface area contributed by atoms with Crippen LogP contribution in [0.1, 0.15) is 30.5 Å². The second-order valence-electron chi connectivity index (χ2n) is 5.20. The maximum absolute atomic E-state index is 11.2. The molecule has 1 rings (SSSR count). The van der Waals surface area contributed by atoms with Crippen LogP contribution in [-0.4, -0.2) is 18.2 Å². The number of hydrogen-bond acceptors (Lipinski definition) is 2. The minimum absolute atomic E-state index is 0.386. The number of ether oxygens (including phenoxy) is 1. The van der Waals surface area contributed by atoms with Crippen LogP contribution in [0, 0.1) is 19.3 Å². The van der Waals surface area contributed by atoms with Crippen LogP contribution >= 0.6 is 11.6 Å². The number of aryl methyl sites for hydroxylation is 2. The second kappa shape index (κ2) is 5.19. The molecule has 3 nitrogen and oxygen atoms in total. The van der Waals surface area contributed by atoms with Crippen LogP contribution in [0.25, 0.3) is 0 Å². The van der Waals surface area contributed by atoms with E-state index in [1.165, 1.54) is 0 Å². The number of carbonyl (C=O) groups is 1. The van der Waals surface area contributed by atoms with Crippen molar-refractivity contribution in [3.63, 3.8) is 0 Å². The van der Waals surface area contributed by atoms with E-state index in [2.05, 4.69) is 0 Å². The van der Waals surface area contributed by atoms with E-state index in [0.29, 0.717) is 17.2 Å². The van der Waals surface area contributed by atoms with Gasteiger partial charge in [-0.15, -0.1) is 0 Å². The Bertz CT molecular complexity index is 478. The highest BCUT2D eigenvalue weighted by atomic mass is 35.5. The van der Waals surface area contributed by atoms with E-state index in [1.807, 2.05) is 19.9 Å². The molecule has 0 atom stereocenters. The summed E-state index contributed by atoms with van der Waals surface area (Å²) in [7, 11) is 1.55. The molecule has 0 saturated carbocycles. The molecule has 18 heavy (non-hydrogen) atoms. The van der Waals surface area contributed by atoms with E-state index in [4.69, 9.17) is 16.3 Å². The van der Waals surface area contributed by atoms with E-state index in [1.54, 1.807) is 21.0 Å². The lowest BCUT2D eigenvalue weighted by molar-refractivity contribution is -0.146. The van der Waals surface area contributed by atoms with Crippen molar-refractivity contribution in [3.8, 4) is 5.75 Å². The van der Waals surface area contributed by atoms with Crippen molar-refractivity contribution < 1.29 is 14.6 Å². The minimum atomic E-state index is -0.851. The van der Waals surface area contributed by atoms with E-state index in [-0.39, 0.29) is 0 Å². The summed E-state index contributed by atoms with van der Waals surface area (Å²) in [6, 6.07) is 1.96. The molecule has 1 aromatic carbocycles. The Morgan fingerprint density at radius 2 is 1.94 bits per heavy atom. The highest BCUT2D eigenvalue weighted by molar-refractivity contribution is 6.33. The van der Waals surface area contributed by atoms with E-state index in [0.717, 1.165) is 16.7 Å². The first-order chi connectivity index (χ1) is 8.20. The highest BCUT2D eigenvalue weighted by Gasteiger charge is 2.30. The first-order valence-electron chi connectivity index (χ1n) is 5.76. The van der Waals surface area contributed by atoms with Crippen LogP contribution in [0.5, 0.6) is 5.75 Å². The third-order valence-electron chi connectivity index (χ3n) is 3.13. The molecule has 0 spiro atoms.